The van der Waals surface area contributed by atoms with Gasteiger partial charge in [0.1, 0.15) is 24.3 Å². The monoisotopic (exact) mass is 502 g/mol. The van der Waals surface area contributed by atoms with Crippen LogP contribution in [0.15, 0.2) is 92.0 Å². The topological polar surface area (TPSA) is 61.8 Å². The highest BCUT2D eigenvalue weighted by atomic mass is 19.1. The fourth-order valence-electron chi connectivity index (χ4n) is 3.74. The zero-order valence-corrected chi connectivity index (χ0v) is 21.1. The van der Waals surface area contributed by atoms with Crippen LogP contribution in [0.5, 0.6) is 5.75 Å². The minimum atomic E-state index is -0.495. The maximum atomic E-state index is 15.0. The second kappa shape index (κ2) is 13.2. The van der Waals surface area contributed by atoms with Gasteiger partial charge in [0.2, 0.25) is 0 Å². The van der Waals surface area contributed by atoms with Crippen molar-refractivity contribution in [1.82, 2.24) is 0 Å². The molecule has 0 saturated carbocycles. The van der Waals surface area contributed by atoms with E-state index < -0.39 is 11.9 Å². The first-order valence-electron chi connectivity index (χ1n) is 12.0. The number of halogens is 1. The number of hydrogen-bond donors (Lipinski definition) is 0. The van der Waals surface area contributed by atoms with Gasteiger partial charge >= 0.3 is 11.9 Å². The van der Waals surface area contributed by atoms with Gasteiger partial charge in [0.15, 0.2) is 0 Å². The number of carbonyl (C=O) groups excluding carboxylic acids is 2. The van der Waals surface area contributed by atoms with Gasteiger partial charge in [0.05, 0.1) is 6.61 Å². The Kier molecular flexibility index (Phi) is 9.78. The van der Waals surface area contributed by atoms with Crippen LogP contribution in [0.25, 0.3) is 22.3 Å². The highest BCUT2D eigenvalue weighted by molar-refractivity contribution is 5.81. The molecule has 2 atom stereocenters. The van der Waals surface area contributed by atoms with E-state index in [2.05, 4.69) is 13.2 Å². The van der Waals surface area contributed by atoms with Crippen molar-refractivity contribution in [2.24, 2.45) is 5.92 Å². The van der Waals surface area contributed by atoms with Gasteiger partial charge in [-0.3, -0.25) is 0 Å². The Morgan fingerprint density at radius 2 is 1.38 bits per heavy atom. The lowest BCUT2D eigenvalue weighted by Crippen LogP contribution is -2.20. The van der Waals surface area contributed by atoms with Crippen molar-refractivity contribution in [3.8, 4) is 28.0 Å². The molecule has 2 unspecified atom stereocenters. The molecule has 0 N–H and O–H groups in total. The van der Waals surface area contributed by atoms with E-state index in [-0.39, 0.29) is 24.4 Å². The Labute approximate surface area is 217 Å². The number of carbonyl (C=O) groups is 2. The van der Waals surface area contributed by atoms with Gasteiger partial charge in [-0.1, -0.05) is 68.6 Å². The van der Waals surface area contributed by atoms with Crippen LogP contribution in [0.4, 0.5) is 4.39 Å². The van der Waals surface area contributed by atoms with E-state index >= 15 is 4.39 Å². The third kappa shape index (κ3) is 8.17. The van der Waals surface area contributed by atoms with Crippen LogP contribution in [0.3, 0.4) is 0 Å². The van der Waals surface area contributed by atoms with Crippen LogP contribution in [0.2, 0.25) is 0 Å². The number of rotatable bonds is 12. The lowest BCUT2D eigenvalue weighted by atomic mass is 9.96. The van der Waals surface area contributed by atoms with Crippen LogP contribution in [0, 0.1) is 11.7 Å². The number of hydrogen-bond acceptors (Lipinski definition) is 5. The predicted molar refractivity (Wildman–Crippen MR) is 143 cm³/mol. The molecule has 0 amide bonds. The van der Waals surface area contributed by atoms with Gasteiger partial charge < -0.3 is 14.2 Å². The van der Waals surface area contributed by atoms with Gasteiger partial charge in [-0.15, -0.1) is 0 Å². The van der Waals surface area contributed by atoms with Crippen molar-refractivity contribution in [2.75, 3.05) is 13.2 Å². The predicted octanol–water partition coefficient (Wildman–Crippen LogP) is 6.56. The first-order chi connectivity index (χ1) is 17.8. The molecule has 0 spiro atoms. The molecule has 0 fully saturated rings. The van der Waals surface area contributed by atoms with E-state index in [4.69, 9.17) is 14.2 Å². The van der Waals surface area contributed by atoms with Gasteiger partial charge in [-0.25, -0.2) is 14.0 Å². The van der Waals surface area contributed by atoms with Crippen molar-refractivity contribution < 1.29 is 28.2 Å². The molecule has 0 aromatic heterocycles. The molecule has 5 nitrogen and oxygen atoms in total. The van der Waals surface area contributed by atoms with Crippen LogP contribution >= 0.6 is 0 Å². The Morgan fingerprint density at radius 1 is 0.811 bits per heavy atom. The average molecular weight is 503 g/mol. The first kappa shape index (κ1) is 27.4. The van der Waals surface area contributed by atoms with Crippen molar-refractivity contribution in [1.29, 1.82) is 0 Å². The smallest absolute Gasteiger partial charge is 0.330 e. The van der Waals surface area contributed by atoms with Gasteiger partial charge in [0, 0.05) is 17.7 Å². The minimum Gasteiger partial charge on any atom is -0.487 e. The average Bonchev–Trinajstić information content (AvgIpc) is 2.91. The Hall–Kier alpha value is -4.19. The van der Waals surface area contributed by atoms with Crippen LogP contribution in [-0.4, -0.2) is 31.3 Å². The standard InChI is InChI=1S/C31H31FO5/c1-5-30(33)35-19-21(3)17-23-7-9-25(10-8-23)28-16-13-26(18-29(28)32)24-11-14-27(15-12-24)37-22(4)20-36-31(34)6-2/h5-16,18,21-22H,1-2,17,19-20H2,3-4H3. The first-order valence-corrected chi connectivity index (χ1v) is 12.0. The lowest BCUT2D eigenvalue weighted by molar-refractivity contribution is -0.140. The van der Waals surface area contributed by atoms with Gasteiger partial charge in [0.25, 0.3) is 0 Å². The van der Waals surface area contributed by atoms with Gasteiger partial charge in [-0.2, -0.15) is 0 Å². The molecule has 6 heteroatoms. The zero-order chi connectivity index (χ0) is 26.8. The normalized spacial score (nSPS) is 12.2. The molecule has 3 aromatic rings. The molecule has 0 aliphatic rings. The fraction of sp³-hybridized carbons (Fsp3) is 0.226. The quantitative estimate of drug-likeness (QED) is 0.207. The maximum Gasteiger partial charge on any atom is 0.330 e. The van der Waals surface area contributed by atoms with Crippen molar-refractivity contribution >= 4 is 11.9 Å². The number of ether oxygens (including phenoxy) is 3. The summed E-state index contributed by atoms with van der Waals surface area (Å²) in [4.78, 5) is 22.4. The van der Waals surface area contributed by atoms with Crippen LogP contribution in [-0.2, 0) is 25.5 Å². The highest BCUT2D eigenvalue weighted by Crippen LogP contribution is 2.29. The lowest BCUT2D eigenvalue weighted by Gasteiger charge is -2.15. The zero-order valence-electron chi connectivity index (χ0n) is 21.1. The molecule has 37 heavy (non-hydrogen) atoms. The minimum absolute atomic E-state index is 0.116. The summed E-state index contributed by atoms with van der Waals surface area (Å²) >= 11 is 0. The van der Waals surface area contributed by atoms with E-state index in [0.29, 0.717) is 17.9 Å². The SMILES string of the molecule is C=CC(=O)OCC(C)Cc1ccc(-c2ccc(-c3ccc(OC(C)COC(=O)C=C)cc3)cc2F)cc1. The van der Waals surface area contributed by atoms with E-state index in [1.54, 1.807) is 25.1 Å². The fourth-order valence-corrected chi connectivity index (χ4v) is 3.74. The van der Waals surface area contributed by atoms with Crippen molar-refractivity contribution in [2.45, 2.75) is 26.4 Å². The molecule has 3 aromatic carbocycles. The molecule has 192 valence electrons. The maximum absolute atomic E-state index is 15.0. The summed E-state index contributed by atoms with van der Waals surface area (Å²) in [6, 6.07) is 20.2. The summed E-state index contributed by atoms with van der Waals surface area (Å²) in [5.41, 5.74) is 3.99. The Balaban J connectivity index is 1.61. The van der Waals surface area contributed by atoms with Crippen molar-refractivity contribution in [3.05, 3.63) is 103 Å². The molecule has 0 bridgehead atoms. The Morgan fingerprint density at radius 3 is 1.97 bits per heavy atom. The molecule has 0 aliphatic carbocycles. The third-order valence-electron chi connectivity index (χ3n) is 5.65. The summed E-state index contributed by atoms with van der Waals surface area (Å²) in [7, 11) is 0. The van der Waals surface area contributed by atoms with E-state index in [1.165, 1.54) is 6.07 Å². The van der Waals surface area contributed by atoms with Crippen LogP contribution < -0.4 is 4.74 Å². The molecule has 0 radical (unpaired) electrons. The number of esters is 2. The Bertz CT molecular complexity index is 1230. The van der Waals surface area contributed by atoms with E-state index in [1.807, 2.05) is 49.4 Å². The highest BCUT2D eigenvalue weighted by Gasteiger charge is 2.11. The largest absolute Gasteiger partial charge is 0.487 e. The van der Waals surface area contributed by atoms with Crippen LogP contribution in [0.1, 0.15) is 19.4 Å². The summed E-state index contributed by atoms with van der Waals surface area (Å²) in [5, 5.41) is 0. The molecule has 0 aliphatic heterocycles. The third-order valence-corrected chi connectivity index (χ3v) is 5.65. The van der Waals surface area contributed by atoms with Gasteiger partial charge in [-0.05, 0) is 59.7 Å². The summed E-state index contributed by atoms with van der Waals surface area (Å²) in [6.07, 6.45) is 2.68. The van der Waals surface area contributed by atoms with E-state index in [0.717, 1.165) is 40.8 Å². The summed E-state index contributed by atoms with van der Waals surface area (Å²) in [5.74, 6) is -0.459. The molecular formula is C31H31FO5. The second-order valence-corrected chi connectivity index (χ2v) is 8.82. The van der Waals surface area contributed by atoms with Crippen molar-refractivity contribution in [3.63, 3.8) is 0 Å². The summed E-state index contributed by atoms with van der Waals surface area (Å²) < 4.78 is 30.9. The van der Waals surface area contributed by atoms with E-state index in [9.17, 15) is 9.59 Å². The molecular weight excluding hydrogens is 471 g/mol. The number of benzene rings is 3. The molecule has 3 rings (SSSR count). The molecule has 0 heterocycles. The summed E-state index contributed by atoms with van der Waals surface area (Å²) in [6.45, 7) is 11.0. The second-order valence-electron chi connectivity index (χ2n) is 8.82. The molecule has 0 saturated heterocycles.